The van der Waals surface area contributed by atoms with Gasteiger partial charge in [-0.25, -0.2) is 9.78 Å². The van der Waals surface area contributed by atoms with Crippen molar-refractivity contribution < 1.29 is 14.3 Å². The van der Waals surface area contributed by atoms with Crippen molar-refractivity contribution in [3.8, 4) is 21.1 Å². The molecule has 2 aromatic carbocycles. The van der Waals surface area contributed by atoms with Crippen molar-refractivity contribution in [3.05, 3.63) is 78.0 Å². The molecule has 0 saturated heterocycles. The van der Waals surface area contributed by atoms with E-state index in [-0.39, 0.29) is 17.6 Å². The van der Waals surface area contributed by atoms with E-state index in [1.54, 1.807) is 42.5 Å². The molecule has 4 rings (SSSR count). The minimum atomic E-state index is -0.386. The lowest BCUT2D eigenvalue weighted by molar-refractivity contribution is -0.113. The number of thiazole rings is 1. The molecule has 4 aromatic rings. The number of hydrogen-bond donors (Lipinski definition) is 1. The molecule has 0 bridgehead atoms. The number of aryl methyl sites for hydroxylation is 1. The van der Waals surface area contributed by atoms with Crippen molar-refractivity contribution in [2.24, 2.45) is 0 Å². The highest BCUT2D eigenvalue weighted by Crippen LogP contribution is 2.34. The Kier molecular flexibility index (Phi) is 7.66. The fourth-order valence-electron chi connectivity index (χ4n) is 3.10. The van der Waals surface area contributed by atoms with Crippen LogP contribution in [-0.4, -0.2) is 39.4 Å². The molecule has 2 aromatic heterocycles. The summed E-state index contributed by atoms with van der Waals surface area (Å²) in [6.45, 7) is 4.04. The lowest BCUT2D eigenvalue weighted by Crippen LogP contribution is -2.14. The topological polar surface area (TPSA) is 94.1 Å². The molecule has 2 heterocycles. The standard InChI is InChI=1S/C25H22N4O3S2/c1-3-32-25(31)18-9-11-19(12-10-18)27-21(30)15-33-22-14-13-20(28-29-22)23-16(2)26-24(34-23)17-7-5-4-6-8-17/h4-14H,3,15H2,1-2H3,(H,27,30). The third-order valence-electron chi connectivity index (χ3n) is 4.72. The van der Waals surface area contributed by atoms with Gasteiger partial charge in [0, 0.05) is 11.3 Å². The molecule has 34 heavy (non-hydrogen) atoms. The summed E-state index contributed by atoms with van der Waals surface area (Å²) in [4.78, 5) is 29.7. The molecule has 9 heteroatoms. The molecular weight excluding hydrogens is 468 g/mol. The Bertz CT molecular complexity index is 1270. The molecule has 0 aliphatic heterocycles. The first-order valence-electron chi connectivity index (χ1n) is 10.6. The maximum Gasteiger partial charge on any atom is 0.338 e. The van der Waals surface area contributed by atoms with Gasteiger partial charge in [0.2, 0.25) is 5.91 Å². The number of carbonyl (C=O) groups excluding carboxylic acids is 2. The first-order valence-corrected chi connectivity index (χ1v) is 12.4. The number of nitrogens with one attached hydrogen (secondary N) is 1. The third-order valence-corrected chi connectivity index (χ3v) is 6.87. The van der Waals surface area contributed by atoms with E-state index in [0.29, 0.717) is 22.9 Å². The van der Waals surface area contributed by atoms with Gasteiger partial charge in [-0.1, -0.05) is 42.1 Å². The molecule has 0 aliphatic rings. The zero-order valence-electron chi connectivity index (χ0n) is 18.6. The van der Waals surface area contributed by atoms with Crippen LogP contribution in [-0.2, 0) is 9.53 Å². The van der Waals surface area contributed by atoms with Crippen LogP contribution in [0.5, 0.6) is 0 Å². The average molecular weight is 491 g/mol. The number of esters is 1. The maximum absolute atomic E-state index is 12.3. The summed E-state index contributed by atoms with van der Waals surface area (Å²) in [7, 11) is 0. The summed E-state index contributed by atoms with van der Waals surface area (Å²) in [5, 5.41) is 13.0. The van der Waals surface area contributed by atoms with Gasteiger partial charge in [-0.2, -0.15) is 0 Å². The average Bonchev–Trinajstić information content (AvgIpc) is 3.26. The fraction of sp³-hybridized carbons (Fsp3) is 0.160. The van der Waals surface area contributed by atoms with E-state index in [2.05, 4.69) is 20.5 Å². The molecule has 1 N–H and O–H groups in total. The molecule has 0 spiro atoms. The summed E-state index contributed by atoms with van der Waals surface area (Å²) < 4.78 is 4.96. The number of rotatable bonds is 8. The Morgan fingerprint density at radius 2 is 1.76 bits per heavy atom. The molecule has 7 nitrogen and oxygen atoms in total. The molecule has 0 atom stereocenters. The number of hydrogen-bond acceptors (Lipinski definition) is 8. The van der Waals surface area contributed by atoms with Gasteiger partial charge in [0.25, 0.3) is 0 Å². The highest BCUT2D eigenvalue weighted by molar-refractivity contribution is 7.99. The SMILES string of the molecule is CCOC(=O)c1ccc(NC(=O)CSc2ccc(-c3sc(-c4ccccc4)nc3C)nn2)cc1. The van der Waals surface area contributed by atoms with Crippen LogP contribution in [0.2, 0.25) is 0 Å². The molecule has 0 unspecified atom stereocenters. The van der Waals surface area contributed by atoms with E-state index >= 15 is 0 Å². The van der Waals surface area contributed by atoms with E-state index in [4.69, 9.17) is 4.74 Å². The predicted molar refractivity (Wildman–Crippen MR) is 135 cm³/mol. The van der Waals surface area contributed by atoms with Crippen molar-refractivity contribution in [1.82, 2.24) is 15.2 Å². The minimum Gasteiger partial charge on any atom is -0.462 e. The van der Waals surface area contributed by atoms with E-state index in [0.717, 1.165) is 26.8 Å². The molecule has 172 valence electrons. The molecule has 0 radical (unpaired) electrons. The lowest BCUT2D eigenvalue weighted by atomic mass is 10.2. The smallest absolute Gasteiger partial charge is 0.338 e. The minimum absolute atomic E-state index is 0.175. The Labute approximate surface area is 205 Å². The van der Waals surface area contributed by atoms with Crippen LogP contribution >= 0.6 is 23.1 Å². The fourth-order valence-corrected chi connectivity index (χ4v) is 4.75. The first-order chi connectivity index (χ1) is 16.5. The van der Waals surface area contributed by atoms with E-state index in [9.17, 15) is 9.59 Å². The number of anilines is 1. The Morgan fingerprint density at radius 1 is 1.00 bits per heavy atom. The zero-order chi connectivity index (χ0) is 23.9. The van der Waals surface area contributed by atoms with Gasteiger partial charge in [0.15, 0.2) is 0 Å². The van der Waals surface area contributed by atoms with Crippen LogP contribution in [0.3, 0.4) is 0 Å². The lowest BCUT2D eigenvalue weighted by Gasteiger charge is -2.06. The van der Waals surface area contributed by atoms with Crippen molar-refractivity contribution in [2.75, 3.05) is 17.7 Å². The van der Waals surface area contributed by atoms with Gasteiger partial charge in [0.05, 0.1) is 28.5 Å². The molecule has 0 saturated carbocycles. The number of benzene rings is 2. The van der Waals surface area contributed by atoms with Gasteiger partial charge in [-0.05, 0) is 50.2 Å². The molecule has 0 fully saturated rings. The summed E-state index contributed by atoms with van der Waals surface area (Å²) in [5.41, 5.74) is 3.79. The molecular formula is C25H22N4O3S2. The summed E-state index contributed by atoms with van der Waals surface area (Å²) in [6, 6.07) is 20.4. The number of nitrogens with zero attached hydrogens (tertiary/aromatic N) is 3. The van der Waals surface area contributed by atoms with Crippen LogP contribution < -0.4 is 5.32 Å². The second-order valence-electron chi connectivity index (χ2n) is 7.19. The second kappa shape index (κ2) is 11.0. The first kappa shape index (κ1) is 23.6. The van der Waals surface area contributed by atoms with Crippen molar-refractivity contribution in [3.63, 3.8) is 0 Å². The maximum atomic E-state index is 12.3. The van der Waals surface area contributed by atoms with E-state index in [1.165, 1.54) is 11.8 Å². The van der Waals surface area contributed by atoms with Crippen LogP contribution in [0.1, 0.15) is 23.0 Å². The highest BCUT2D eigenvalue weighted by Gasteiger charge is 2.13. The van der Waals surface area contributed by atoms with Crippen molar-refractivity contribution in [1.29, 1.82) is 0 Å². The van der Waals surface area contributed by atoms with Gasteiger partial charge >= 0.3 is 5.97 Å². The van der Waals surface area contributed by atoms with Crippen molar-refractivity contribution in [2.45, 2.75) is 18.9 Å². The number of amides is 1. The monoisotopic (exact) mass is 490 g/mol. The zero-order valence-corrected chi connectivity index (χ0v) is 20.3. The van der Waals surface area contributed by atoms with Crippen LogP contribution in [0.25, 0.3) is 21.1 Å². The summed E-state index contributed by atoms with van der Waals surface area (Å²) >= 11 is 2.88. The summed E-state index contributed by atoms with van der Waals surface area (Å²) in [6.07, 6.45) is 0. The van der Waals surface area contributed by atoms with E-state index < -0.39 is 0 Å². The van der Waals surface area contributed by atoms with Crippen LogP contribution in [0, 0.1) is 6.92 Å². The van der Waals surface area contributed by atoms with Crippen LogP contribution in [0.15, 0.2) is 71.8 Å². The Hall–Kier alpha value is -3.56. The van der Waals surface area contributed by atoms with Gasteiger partial charge in [0.1, 0.15) is 15.7 Å². The quantitative estimate of drug-likeness (QED) is 0.258. The Balaban J connectivity index is 1.33. The van der Waals surface area contributed by atoms with Crippen LogP contribution in [0.4, 0.5) is 5.69 Å². The molecule has 0 aliphatic carbocycles. The number of carbonyl (C=O) groups is 2. The van der Waals surface area contributed by atoms with E-state index in [1.807, 2.05) is 49.4 Å². The third kappa shape index (κ3) is 5.86. The number of ether oxygens (including phenoxy) is 1. The number of aromatic nitrogens is 3. The highest BCUT2D eigenvalue weighted by atomic mass is 32.2. The molecule has 1 amide bonds. The van der Waals surface area contributed by atoms with Gasteiger partial charge in [-0.3, -0.25) is 4.79 Å². The predicted octanol–water partition coefficient (Wildman–Crippen LogP) is 5.48. The summed E-state index contributed by atoms with van der Waals surface area (Å²) in [5.74, 6) is -0.376. The Morgan fingerprint density at radius 3 is 2.44 bits per heavy atom. The van der Waals surface area contributed by atoms with Gasteiger partial charge < -0.3 is 10.1 Å². The normalized spacial score (nSPS) is 10.6. The van der Waals surface area contributed by atoms with Gasteiger partial charge in [-0.15, -0.1) is 21.5 Å². The number of thioether (sulfide) groups is 1. The second-order valence-corrected chi connectivity index (χ2v) is 9.19. The van der Waals surface area contributed by atoms with Crippen molar-refractivity contribution >= 4 is 40.7 Å². The largest absolute Gasteiger partial charge is 0.462 e.